The third kappa shape index (κ3) is 3.96. The van der Waals surface area contributed by atoms with E-state index < -0.39 is 10.0 Å². The van der Waals surface area contributed by atoms with Crippen LogP contribution in [0.2, 0.25) is 0 Å². The van der Waals surface area contributed by atoms with E-state index >= 15 is 0 Å². The quantitative estimate of drug-likeness (QED) is 0.675. The highest BCUT2D eigenvalue weighted by Gasteiger charge is 2.17. The number of aromatic amines is 1. The lowest BCUT2D eigenvalue weighted by Gasteiger charge is -2.11. The van der Waals surface area contributed by atoms with Gasteiger partial charge in [-0.25, -0.2) is 13.1 Å². The lowest BCUT2D eigenvalue weighted by Crippen LogP contribution is -2.27. The number of hydrogen-bond donors (Lipinski definition) is 2. The number of rotatable bonds is 6. The Hall–Kier alpha value is -2.84. The zero-order valence-electron chi connectivity index (χ0n) is 15.2. The van der Waals surface area contributed by atoms with Crippen LogP contribution in [0.3, 0.4) is 0 Å². The van der Waals surface area contributed by atoms with Gasteiger partial charge in [-0.15, -0.1) is 0 Å². The number of fused-ring (bicyclic) bond motifs is 1. The van der Waals surface area contributed by atoms with E-state index in [-0.39, 0.29) is 17.0 Å². The number of nitrogens with one attached hydrogen (secondary N) is 2. The van der Waals surface area contributed by atoms with Crippen molar-refractivity contribution in [1.29, 1.82) is 0 Å². The van der Waals surface area contributed by atoms with E-state index in [4.69, 9.17) is 9.47 Å². The zero-order valence-corrected chi connectivity index (χ0v) is 16.0. The lowest BCUT2D eigenvalue weighted by molar-refractivity contribution is 0.354. The van der Waals surface area contributed by atoms with E-state index in [1.807, 2.05) is 25.1 Å². The summed E-state index contributed by atoms with van der Waals surface area (Å²) < 4.78 is 37.9. The summed E-state index contributed by atoms with van der Waals surface area (Å²) in [6, 6.07) is 11.7. The van der Waals surface area contributed by atoms with Gasteiger partial charge in [-0.2, -0.15) is 0 Å². The Morgan fingerprint density at radius 2 is 1.74 bits per heavy atom. The molecular formula is C19H20N2O5S. The lowest BCUT2D eigenvalue weighted by atomic mass is 10.1. The molecule has 0 saturated heterocycles. The number of hydrogen-bond acceptors (Lipinski definition) is 5. The molecule has 3 aromatic rings. The van der Waals surface area contributed by atoms with Crippen molar-refractivity contribution >= 4 is 20.9 Å². The predicted molar refractivity (Wildman–Crippen MR) is 103 cm³/mol. The van der Waals surface area contributed by atoms with Gasteiger partial charge in [-0.1, -0.05) is 12.1 Å². The minimum atomic E-state index is -3.83. The Balaban J connectivity index is 1.87. The minimum Gasteiger partial charge on any atom is -0.493 e. The molecule has 0 fully saturated rings. The molecule has 2 N–H and O–H groups in total. The number of ether oxygens (including phenoxy) is 2. The highest BCUT2D eigenvalue weighted by atomic mass is 32.2. The molecule has 0 radical (unpaired) electrons. The molecule has 7 nitrogen and oxygen atoms in total. The fraction of sp³-hybridized carbons (Fsp3) is 0.211. The van der Waals surface area contributed by atoms with Gasteiger partial charge in [-0.05, 0) is 42.1 Å². The SMILES string of the molecule is COc1ccc(S(=O)(=O)NCc2cc3ccc(C)cc3[nH]c2=O)cc1OC. The van der Waals surface area contributed by atoms with Crippen molar-refractivity contribution in [1.82, 2.24) is 9.71 Å². The second kappa shape index (κ2) is 7.42. The number of aryl methyl sites for hydroxylation is 1. The van der Waals surface area contributed by atoms with Crippen LogP contribution in [0.4, 0.5) is 0 Å². The Morgan fingerprint density at radius 3 is 2.44 bits per heavy atom. The molecule has 0 unspecified atom stereocenters. The summed E-state index contributed by atoms with van der Waals surface area (Å²) in [4.78, 5) is 15.1. The van der Waals surface area contributed by atoms with E-state index in [9.17, 15) is 13.2 Å². The molecule has 0 aliphatic rings. The second-order valence-electron chi connectivity index (χ2n) is 6.06. The van der Waals surface area contributed by atoms with Gasteiger partial charge < -0.3 is 14.5 Å². The van der Waals surface area contributed by atoms with Crippen molar-refractivity contribution in [2.75, 3.05) is 14.2 Å². The molecule has 27 heavy (non-hydrogen) atoms. The zero-order chi connectivity index (χ0) is 19.6. The Kier molecular flexibility index (Phi) is 5.20. The van der Waals surface area contributed by atoms with Crippen LogP contribution in [-0.2, 0) is 16.6 Å². The van der Waals surface area contributed by atoms with Crippen molar-refractivity contribution < 1.29 is 17.9 Å². The number of sulfonamides is 1. The van der Waals surface area contributed by atoms with Gasteiger partial charge in [0.2, 0.25) is 10.0 Å². The first-order chi connectivity index (χ1) is 12.8. The highest BCUT2D eigenvalue weighted by molar-refractivity contribution is 7.89. The molecular weight excluding hydrogens is 368 g/mol. The molecule has 1 aromatic heterocycles. The Labute approximate surface area is 157 Å². The van der Waals surface area contributed by atoms with E-state index in [0.717, 1.165) is 10.9 Å². The van der Waals surface area contributed by atoms with Crippen LogP contribution in [0.1, 0.15) is 11.1 Å². The van der Waals surface area contributed by atoms with Crippen LogP contribution < -0.4 is 19.8 Å². The maximum Gasteiger partial charge on any atom is 0.252 e. The Bertz CT molecular complexity index is 1150. The average molecular weight is 388 g/mol. The fourth-order valence-electron chi connectivity index (χ4n) is 2.73. The minimum absolute atomic E-state index is 0.0213. The molecule has 1 heterocycles. The molecule has 0 spiro atoms. The monoisotopic (exact) mass is 388 g/mol. The standard InChI is InChI=1S/C19H20N2O5S/c1-12-4-5-13-9-14(19(22)21-16(13)8-12)11-20-27(23,24)15-6-7-17(25-2)18(10-15)26-3/h4-10,20H,11H2,1-3H3,(H,21,22). The smallest absolute Gasteiger partial charge is 0.252 e. The Morgan fingerprint density at radius 1 is 1.00 bits per heavy atom. The number of H-pyrrole nitrogens is 1. The van der Waals surface area contributed by atoms with Crippen molar-refractivity contribution in [3.05, 3.63) is 63.9 Å². The average Bonchev–Trinajstić information content (AvgIpc) is 2.65. The van der Waals surface area contributed by atoms with Crippen LogP contribution in [0.5, 0.6) is 11.5 Å². The van der Waals surface area contributed by atoms with Crippen LogP contribution in [-0.4, -0.2) is 27.6 Å². The van der Waals surface area contributed by atoms with Gasteiger partial charge in [0.15, 0.2) is 11.5 Å². The maximum absolute atomic E-state index is 12.6. The van der Waals surface area contributed by atoms with Gasteiger partial charge in [0.05, 0.1) is 19.1 Å². The number of benzene rings is 2. The summed E-state index contributed by atoms with van der Waals surface area (Å²) in [6.45, 7) is 1.80. The molecule has 0 aliphatic heterocycles. The van der Waals surface area contributed by atoms with Crippen molar-refractivity contribution in [3.8, 4) is 11.5 Å². The summed E-state index contributed by atoms with van der Waals surface area (Å²) in [5, 5.41) is 0.834. The summed E-state index contributed by atoms with van der Waals surface area (Å²) >= 11 is 0. The highest BCUT2D eigenvalue weighted by Crippen LogP contribution is 2.29. The molecule has 8 heteroatoms. The number of pyridine rings is 1. The van der Waals surface area contributed by atoms with Crippen LogP contribution in [0, 0.1) is 6.92 Å². The summed E-state index contributed by atoms with van der Waals surface area (Å²) in [6.07, 6.45) is 0. The molecule has 3 rings (SSSR count). The predicted octanol–water partition coefficient (Wildman–Crippen LogP) is 2.33. The van der Waals surface area contributed by atoms with Gasteiger partial charge >= 0.3 is 0 Å². The second-order valence-corrected chi connectivity index (χ2v) is 7.82. The summed E-state index contributed by atoms with van der Waals surface area (Å²) in [5.41, 5.74) is 1.74. The largest absolute Gasteiger partial charge is 0.493 e. The van der Waals surface area contributed by atoms with Crippen LogP contribution in [0.25, 0.3) is 10.9 Å². The van der Waals surface area contributed by atoms with E-state index in [0.29, 0.717) is 22.6 Å². The van der Waals surface area contributed by atoms with Crippen LogP contribution >= 0.6 is 0 Å². The molecule has 0 aliphatic carbocycles. The molecule has 0 atom stereocenters. The number of aromatic nitrogens is 1. The summed E-state index contributed by atoms with van der Waals surface area (Å²) in [5.74, 6) is 0.733. The summed E-state index contributed by atoms with van der Waals surface area (Å²) in [7, 11) is -0.933. The van der Waals surface area contributed by atoms with E-state index in [2.05, 4.69) is 9.71 Å². The molecule has 142 valence electrons. The topological polar surface area (TPSA) is 97.5 Å². The normalized spacial score (nSPS) is 11.5. The van der Waals surface area contributed by atoms with Gasteiger partial charge in [0.1, 0.15) is 0 Å². The molecule has 0 bridgehead atoms. The van der Waals surface area contributed by atoms with Crippen molar-refractivity contribution in [2.24, 2.45) is 0 Å². The van der Waals surface area contributed by atoms with Gasteiger partial charge in [0, 0.05) is 23.7 Å². The van der Waals surface area contributed by atoms with Crippen molar-refractivity contribution in [3.63, 3.8) is 0 Å². The first kappa shape index (κ1) is 18.9. The first-order valence-electron chi connectivity index (χ1n) is 8.18. The first-order valence-corrected chi connectivity index (χ1v) is 9.66. The van der Waals surface area contributed by atoms with Crippen molar-refractivity contribution in [2.45, 2.75) is 18.4 Å². The van der Waals surface area contributed by atoms with Crippen LogP contribution in [0.15, 0.2) is 52.2 Å². The van der Waals surface area contributed by atoms with Gasteiger partial charge in [-0.3, -0.25) is 4.79 Å². The third-order valence-corrected chi connectivity index (χ3v) is 5.60. The molecule has 0 saturated carbocycles. The third-order valence-electron chi connectivity index (χ3n) is 4.20. The van der Waals surface area contributed by atoms with Gasteiger partial charge in [0.25, 0.3) is 5.56 Å². The fourth-order valence-corrected chi connectivity index (χ4v) is 3.75. The molecule has 0 amide bonds. The van der Waals surface area contributed by atoms with E-state index in [1.165, 1.54) is 32.4 Å². The molecule has 2 aromatic carbocycles. The van der Waals surface area contributed by atoms with E-state index in [1.54, 1.807) is 6.07 Å². The maximum atomic E-state index is 12.6. The number of methoxy groups -OCH3 is 2.